The maximum Gasteiger partial charge on any atom is 0.191 e. The van der Waals surface area contributed by atoms with Crippen LogP contribution in [0, 0.1) is 0 Å². The molecule has 0 aliphatic carbocycles. The first-order valence-electron chi connectivity index (χ1n) is 9.53. The number of benzene rings is 1. The van der Waals surface area contributed by atoms with Crippen molar-refractivity contribution >= 4 is 23.4 Å². The molecule has 0 radical (unpaired) electrons. The molecule has 7 nitrogen and oxygen atoms in total. The van der Waals surface area contributed by atoms with Crippen LogP contribution in [0.1, 0.15) is 11.6 Å². The Hall–Kier alpha value is -2.00. The van der Waals surface area contributed by atoms with Crippen LogP contribution in [0.4, 0.5) is 0 Å². The Labute approximate surface area is 178 Å². The third-order valence-corrected chi connectivity index (χ3v) is 5.81. The molecule has 0 bridgehead atoms. The van der Waals surface area contributed by atoms with Crippen LogP contribution >= 0.6 is 23.4 Å². The van der Waals surface area contributed by atoms with Crippen molar-refractivity contribution in [1.29, 1.82) is 0 Å². The normalized spacial score (nSPS) is 14.9. The van der Waals surface area contributed by atoms with Crippen molar-refractivity contribution in [2.24, 2.45) is 0 Å². The molecule has 4 rings (SSSR count). The third-order valence-electron chi connectivity index (χ3n) is 4.61. The summed E-state index contributed by atoms with van der Waals surface area (Å²) in [7, 11) is 0. The number of nitrogens with zero attached hydrogens (tertiary/aromatic N) is 4. The Balaban J connectivity index is 1.41. The zero-order valence-corrected chi connectivity index (χ0v) is 17.6. The van der Waals surface area contributed by atoms with Crippen molar-refractivity contribution < 1.29 is 13.9 Å². The summed E-state index contributed by atoms with van der Waals surface area (Å²) < 4.78 is 18.9. The Kier molecular flexibility index (Phi) is 7.10. The first-order valence-corrected chi connectivity index (χ1v) is 10.9. The van der Waals surface area contributed by atoms with E-state index in [2.05, 4.69) is 19.7 Å². The quantitative estimate of drug-likeness (QED) is 0.477. The third kappa shape index (κ3) is 5.76. The molecule has 1 aromatic carbocycles. The minimum Gasteiger partial charge on any atom is -0.486 e. The topological polar surface area (TPSA) is 65.6 Å². The van der Waals surface area contributed by atoms with Gasteiger partial charge in [-0.2, -0.15) is 0 Å². The van der Waals surface area contributed by atoms with Crippen molar-refractivity contribution in [2.75, 3.05) is 38.6 Å². The van der Waals surface area contributed by atoms with Crippen LogP contribution in [0.25, 0.3) is 0 Å². The standard InChI is InChI=1S/C20H23ClN4O3S/c21-16-3-5-17(6-4-16)28-15-19-22-23-20(25(19)14-18-2-1-10-27-18)29-13-9-24-7-11-26-12-8-24/h1-6,10H,7-9,11-15H2. The SMILES string of the molecule is Clc1ccc(OCc2nnc(SCCN3CCOCC3)n2Cc2ccco2)cc1. The van der Waals surface area contributed by atoms with Gasteiger partial charge in [-0.05, 0) is 36.4 Å². The number of hydrogen-bond acceptors (Lipinski definition) is 7. The minimum atomic E-state index is 0.319. The molecule has 0 unspecified atom stereocenters. The summed E-state index contributed by atoms with van der Waals surface area (Å²) in [5, 5.41) is 10.3. The van der Waals surface area contributed by atoms with Crippen molar-refractivity contribution in [3.05, 3.63) is 59.3 Å². The van der Waals surface area contributed by atoms with Gasteiger partial charge in [-0.3, -0.25) is 9.47 Å². The molecule has 1 fully saturated rings. The summed E-state index contributed by atoms with van der Waals surface area (Å²) >= 11 is 7.64. The van der Waals surface area contributed by atoms with Gasteiger partial charge in [-0.15, -0.1) is 10.2 Å². The molecule has 3 heterocycles. The lowest BCUT2D eigenvalue weighted by Gasteiger charge is -2.26. The number of morpholine rings is 1. The Morgan fingerprint density at radius 2 is 1.93 bits per heavy atom. The molecular formula is C20H23ClN4O3S. The fourth-order valence-electron chi connectivity index (χ4n) is 3.02. The fraction of sp³-hybridized carbons (Fsp3) is 0.400. The number of thioether (sulfide) groups is 1. The molecule has 1 aliphatic heterocycles. The minimum absolute atomic E-state index is 0.319. The summed E-state index contributed by atoms with van der Waals surface area (Å²) in [4.78, 5) is 2.41. The zero-order chi connectivity index (χ0) is 19.9. The highest BCUT2D eigenvalue weighted by atomic mass is 35.5. The number of furan rings is 1. The molecule has 0 atom stereocenters. The monoisotopic (exact) mass is 434 g/mol. The van der Waals surface area contributed by atoms with Gasteiger partial charge in [0.1, 0.15) is 18.1 Å². The van der Waals surface area contributed by atoms with Gasteiger partial charge in [0.05, 0.1) is 26.0 Å². The van der Waals surface area contributed by atoms with Crippen molar-refractivity contribution in [2.45, 2.75) is 18.3 Å². The van der Waals surface area contributed by atoms with Gasteiger partial charge in [0.25, 0.3) is 0 Å². The molecule has 2 aromatic heterocycles. The maximum absolute atomic E-state index is 5.94. The van der Waals surface area contributed by atoms with Crippen LogP contribution in [-0.4, -0.2) is 58.3 Å². The predicted octanol–water partition coefficient (Wildman–Crippen LogP) is 3.58. The van der Waals surface area contributed by atoms with E-state index in [1.54, 1.807) is 30.2 Å². The van der Waals surface area contributed by atoms with E-state index in [4.69, 9.17) is 25.5 Å². The largest absolute Gasteiger partial charge is 0.486 e. The van der Waals surface area contributed by atoms with Gasteiger partial charge in [0.2, 0.25) is 0 Å². The smallest absolute Gasteiger partial charge is 0.191 e. The van der Waals surface area contributed by atoms with Gasteiger partial charge in [0.15, 0.2) is 11.0 Å². The lowest BCUT2D eigenvalue weighted by molar-refractivity contribution is 0.0410. The molecule has 154 valence electrons. The Bertz CT molecular complexity index is 880. The maximum atomic E-state index is 5.94. The van der Waals surface area contributed by atoms with Gasteiger partial charge in [0, 0.05) is 30.4 Å². The second-order valence-corrected chi connectivity index (χ2v) is 8.11. The van der Waals surface area contributed by atoms with Crippen LogP contribution in [-0.2, 0) is 17.9 Å². The molecule has 0 N–H and O–H groups in total. The van der Waals surface area contributed by atoms with E-state index in [-0.39, 0.29) is 0 Å². The first-order chi connectivity index (χ1) is 14.3. The highest BCUT2D eigenvalue weighted by molar-refractivity contribution is 7.99. The van der Waals surface area contributed by atoms with E-state index in [9.17, 15) is 0 Å². The molecule has 1 aliphatic rings. The number of hydrogen-bond donors (Lipinski definition) is 0. The van der Waals surface area contributed by atoms with Crippen LogP contribution in [0.15, 0.2) is 52.2 Å². The van der Waals surface area contributed by atoms with E-state index in [1.165, 1.54) is 0 Å². The summed E-state index contributed by atoms with van der Waals surface area (Å²) in [5.41, 5.74) is 0. The van der Waals surface area contributed by atoms with Crippen LogP contribution < -0.4 is 4.74 Å². The highest BCUT2D eigenvalue weighted by Crippen LogP contribution is 2.21. The number of aromatic nitrogens is 3. The van der Waals surface area contributed by atoms with Gasteiger partial charge < -0.3 is 13.9 Å². The van der Waals surface area contributed by atoms with E-state index < -0.39 is 0 Å². The van der Waals surface area contributed by atoms with E-state index in [1.807, 2.05) is 24.3 Å². The molecular weight excluding hydrogens is 412 g/mol. The summed E-state index contributed by atoms with van der Waals surface area (Å²) in [6.07, 6.45) is 1.68. The van der Waals surface area contributed by atoms with Crippen LogP contribution in [0.3, 0.4) is 0 Å². The van der Waals surface area contributed by atoms with E-state index >= 15 is 0 Å². The van der Waals surface area contributed by atoms with Gasteiger partial charge >= 0.3 is 0 Å². The van der Waals surface area contributed by atoms with Gasteiger partial charge in [-0.25, -0.2) is 0 Å². The number of rotatable bonds is 9. The molecule has 9 heteroatoms. The summed E-state index contributed by atoms with van der Waals surface area (Å²) in [6, 6.07) is 11.1. The fourth-order valence-corrected chi connectivity index (χ4v) is 4.10. The zero-order valence-electron chi connectivity index (χ0n) is 16.0. The van der Waals surface area contributed by atoms with E-state index in [0.717, 1.165) is 61.1 Å². The second-order valence-electron chi connectivity index (χ2n) is 6.61. The molecule has 3 aromatic rings. The predicted molar refractivity (Wildman–Crippen MR) is 112 cm³/mol. The van der Waals surface area contributed by atoms with Crippen molar-refractivity contribution in [3.63, 3.8) is 0 Å². The Morgan fingerprint density at radius 3 is 2.69 bits per heavy atom. The first kappa shape index (κ1) is 20.3. The van der Waals surface area contributed by atoms with Crippen molar-refractivity contribution in [3.8, 4) is 5.75 Å². The Morgan fingerprint density at radius 1 is 1.10 bits per heavy atom. The van der Waals surface area contributed by atoms with Crippen LogP contribution in [0.5, 0.6) is 5.75 Å². The second kappa shape index (κ2) is 10.2. The average molecular weight is 435 g/mol. The van der Waals surface area contributed by atoms with Crippen molar-refractivity contribution in [1.82, 2.24) is 19.7 Å². The lowest BCUT2D eigenvalue weighted by atomic mass is 10.3. The summed E-state index contributed by atoms with van der Waals surface area (Å²) in [6.45, 7) is 5.48. The molecule has 0 saturated carbocycles. The summed E-state index contributed by atoms with van der Waals surface area (Å²) in [5.74, 6) is 3.29. The lowest BCUT2D eigenvalue weighted by Crippen LogP contribution is -2.37. The average Bonchev–Trinajstić information content (AvgIpc) is 3.39. The molecule has 1 saturated heterocycles. The van der Waals surface area contributed by atoms with E-state index in [0.29, 0.717) is 18.2 Å². The molecule has 0 amide bonds. The van der Waals surface area contributed by atoms with Crippen LogP contribution in [0.2, 0.25) is 5.02 Å². The number of halogens is 1. The highest BCUT2D eigenvalue weighted by Gasteiger charge is 2.16. The van der Waals surface area contributed by atoms with Gasteiger partial charge in [-0.1, -0.05) is 23.4 Å². The molecule has 29 heavy (non-hydrogen) atoms. The molecule has 0 spiro atoms. The number of ether oxygens (including phenoxy) is 2.